The lowest BCUT2D eigenvalue weighted by Crippen LogP contribution is -2.25. The van der Waals surface area contributed by atoms with Crippen molar-refractivity contribution in [2.24, 2.45) is 0 Å². The van der Waals surface area contributed by atoms with Gasteiger partial charge in [-0.3, -0.25) is 0 Å². The first-order valence-electron chi connectivity index (χ1n) is 19.0. The van der Waals surface area contributed by atoms with Gasteiger partial charge in [-0.15, -0.1) is 11.3 Å². The Bertz CT molecular complexity index is 3120. The number of benzene rings is 9. The molecule has 2 aliphatic carbocycles. The van der Waals surface area contributed by atoms with E-state index in [1.54, 1.807) is 0 Å². The molecule has 0 atom stereocenters. The Morgan fingerprint density at radius 2 is 0.945 bits per heavy atom. The van der Waals surface area contributed by atoms with Gasteiger partial charge in [-0.05, 0) is 103 Å². The second-order valence-corrected chi connectivity index (χ2v) is 15.8. The van der Waals surface area contributed by atoms with E-state index in [9.17, 15) is 0 Å². The number of hydrogen-bond acceptors (Lipinski definition) is 2. The second kappa shape index (κ2) is 11.6. The molecule has 0 saturated carbocycles. The minimum Gasteiger partial charge on any atom is -0.309 e. The van der Waals surface area contributed by atoms with Crippen molar-refractivity contribution in [1.82, 2.24) is 0 Å². The van der Waals surface area contributed by atoms with Crippen LogP contribution in [0, 0.1) is 0 Å². The first-order chi connectivity index (χ1) is 27.3. The fourth-order valence-corrected chi connectivity index (χ4v) is 11.1. The highest BCUT2D eigenvalue weighted by atomic mass is 32.1. The molecule has 1 nitrogen and oxygen atoms in total. The van der Waals surface area contributed by atoms with E-state index in [-0.39, 0.29) is 5.41 Å². The molecule has 0 unspecified atom stereocenters. The molecular formula is C53H33NS. The summed E-state index contributed by atoms with van der Waals surface area (Å²) in [7, 11) is 0. The maximum Gasteiger partial charge on any atom is 0.0725 e. The Morgan fingerprint density at radius 1 is 0.382 bits per heavy atom. The summed E-state index contributed by atoms with van der Waals surface area (Å²) in [4.78, 5) is 2.51. The molecule has 0 aliphatic heterocycles. The van der Waals surface area contributed by atoms with Crippen molar-refractivity contribution in [2.75, 3.05) is 4.90 Å². The van der Waals surface area contributed by atoms with Gasteiger partial charge < -0.3 is 4.90 Å². The molecule has 9 aromatic carbocycles. The molecule has 0 bridgehead atoms. The van der Waals surface area contributed by atoms with Crippen LogP contribution in [0.2, 0.25) is 0 Å². The molecule has 256 valence electrons. The van der Waals surface area contributed by atoms with Gasteiger partial charge in [-0.2, -0.15) is 0 Å². The van der Waals surface area contributed by atoms with Gasteiger partial charge in [-0.1, -0.05) is 164 Å². The maximum absolute atomic E-state index is 2.51. The standard InChI is InChI=1S/C53H33NS/c1-2-15-34(16-3-1)35-18-14-19-37(31-35)54(49-32-36-17-4-5-20-39(36)51-43-24-9-13-28-50(43)55-52(49)51)38-29-30-48-44(33-38)42-23-8-12-27-47(42)53(48)45-25-10-6-21-40(45)41-22-7-11-26-46(41)53/h1-33H. The predicted octanol–water partition coefficient (Wildman–Crippen LogP) is 14.7. The molecule has 0 N–H and O–H groups in total. The normalized spacial score (nSPS) is 13.2. The number of fused-ring (bicyclic) bond motifs is 15. The lowest BCUT2D eigenvalue weighted by atomic mass is 9.70. The van der Waals surface area contributed by atoms with Gasteiger partial charge in [0.1, 0.15) is 0 Å². The Kier molecular flexibility index (Phi) is 6.49. The van der Waals surface area contributed by atoms with Crippen LogP contribution in [0.1, 0.15) is 22.3 Å². The van der Waals surface area contributed by atoms with Gasteiger partial charge in [-0.25, -0.2) is 0 Å². The van der Waals surface area contributed by atoms with Crippen molar-refractivity contribution in [3.8, 4) is 33.4 Å². The van der Waals surface area contributed by atoms with Crippen molar-refractivity contribution in [3.63, 3.8) is 0 Å². The average Bonchev–Trinajstić information content (AvgIpc) is 3.89. The number of anilines is 3. The summed E-state index contributed by atoms with van der Waals surface area (Å²) in [5, 5.41) is 5.16. The molecule has 0 saturated heterocycles. The minimum atomic E-state index is -0.378. The minimum absolute atomic E-state index is 0.378. The highest BCUT2D eigenvalue weighted by Gasteiger charge is 2.51. The topological polar surface area (TPSA) is 3.24 Å². The summed E-state index contributed by atoms with van der Waals surface area (Å²) in [5.74, 6) is 0. The van der Waals surface area contributed by atoms with Crippen LogP contribution in [0.4, 0.5) is 17.1 Å². The van der Waals surface area contributed by atoms with Crippen LogP contribution in [0.15, 0.2) is 200 Å². The first-order valence-corrected chi connectivity index (χ1v) is 19.8. The van der Waals surface area contributed by atoms with Gasteiger partial charge in [0.2, 0.25) is 0 Å². The van der Waals surface area contributed by atoms with Crippen molar-refractivity contribution >= 4 is 59.3 Å². The Labute approximate surface area is 324 Å². The van der Waals surface area contributed by atoms with E-state index in [1.807, 2.05) is 11.3 Å². The summed E-state index contributed by atoms with van der Waals surface area (Å²) in [6.07, 6.45) is 0. The van der Waals surface area contributed by atoms with Crippen molar-refractivity contribution in [1.29, 1.82) is 0 Å². The van der Waals surface area contributed by atoms with Gasteiger partial charge in [0.05, 0.1) is 15.8 Å². The fourth-order valence-electron chi connectivity index (χ4n) is 9.83. The number of thiophene rings is 1. The quantitative estimate of drug-likeness (QED) is 0.175. The third-order valence-corrected chi connectivity index (χ3v) is 13.2. The fraction of sp³-hybridized carbons (Fsp3) is 0.0189. The SMILES string of the molecule is c1ccc(-c2cccc(N(c3ccc4c(c3)-c3ccccc3C43c4ccccc4-c4ccccc43)c3cc4ccccc4c4c3sc3ccccc34)c2)cc1. The Balaban J connectivity index is 1.16. The maximum atomic E-state index is 2.51. The monoisotopic (exact) mass is 715 g/mol. The zero-order valence-corrected chi connectivity index (χ0v) is 30.7. The second-order valence-electron chi connectivity index (χ2n) is 14.8. The number of nitrogens with zero attached hydrogens (tertiary/aromatic N) is 1. The van der Waals surface area contributed by atoms with Crippen molar-refractivity contribution < 1.29 is 0 Å². The molecule has 0 fully saturated rings. The highest BCUT2D eigenvalue weighted by molar-refractivity contribution is 7.26. The lowest BCUT2D eigenvalue weighted by molar-refractivity contribution is 0.794. The van der Waals surface area contributed by atoms with Crippen molar-refractivity contribution in [2.45, 2.75) is 5.41 Å². The lowest BCUT2D eigenvalue weighted by Gasteiger charge is -2.31. The van der Waals surface area contributed by atoms with Crippen LogP contribution < -0.4 is 4.90 Å². The molecule has 2 aliphatic rings. The summed E-state index contributed by atoms with van der Waals surface area (Å²) in [6.45, 7) is 0. The molecule has 0 amide bonds. The zero-order chi connectivity index (χ0) is 36.1. The third kappa shape index (κ3) is 4.23. The van der Waals surface area contributed by atoms with Crippen LogP contribution in [-0.2, 0) is 5.41 Å². The van der Waals surface area contributed by atoms with Crippen LogP contribution in [0.3, 0.4) is 0 Å². The molecule has 1 aromatic heterocycles. The van der Waals surface area contributed by atoms with Gasteiger partial charge in [0, 0.05) is 26.8 Å². The van der Waals surface area contributed by atoms with E-state index >= 15 is 0 Å². The molecule has 0 radical (unpaired) electrons. The molecular weight excluding hydrogens is 683 g/mol. The molecule has 2 heteroatoms. The zero-order valence-electron chi connectivity index (χ0n) is 29.9. The van der Waals surface area contributed by atoms with Gasteiger partial charge >= 0.3 is 0 Å². The summed E-state index contributed by atoms with van der Waals surface area (Å²) >= 11 is 1.89. The Morgan fingerprint density at radius 3 is 1.69 bits per heavy atom. The molecule has 1 heterocycles. The molecule has 12 rings (SSSR count). The Hall–Kier alpha value is -6.74. The molecule has 10 aromatic rings. The average molecular weight is 716 g/mol. The summed E-state index contributed by atoms with van der Waals surface area (Å²) in [5.41, 5.74) is 16.2. The van der Waals surface area contributed by atoms with Gasteiger partial charge in [0.25, 0.3) is 0 Å². The smallest absolute Gasteiger partial charge is 0.0725 e. The van der Waals surface area contributed by atoms with E-state index in [0.717, 1.165) is 11.4 Å². The van der Waals surface area contributed by atoms with E-state index in [4.69, 9.17) is 0 Å². The van der Waals surface area contributed by atoms with Crippen LogP contribution in [0.5, 0.6) is 0 Å². The van der Waals surface area contributed by atoms with E-state index in [0.29, 0.717) is 0 Å². The largest absolute Gasteiger partial charge is 0.309 e. The van der Waals surface area contributed by atoms with Crippen LogP contribution in [0.25, 0.3) is 64.3 Å². The van der Waals surface area contributed by atoms with E-state index in [2.05, 4.69) is 205 Å². The van der Waals surface area contributed by atoms with E-state index < -0.39 is 0 Å². The van der Waals surface area contributed by atoms with Gasteiger partial charge in [0.15, 0.2) is 0 Å². The number of rotatable bonds is 4. The summed E-state index contributed by atoms with van der Waals surface area (Å²) < 4.78 is 2.59. The predicted molar refractivity (Wildman–Crippen MR) is 233 cm³/mol. The summed E-state index contributed by atoms with van der Waals surface area (Å²) in [6, 6.07) is 74.4. The first kappa shape index (κ1) is 30.7. The van der Waals surface area contributed by atoms with E-state index in [1.165, 1.54) is 92.3 Å². The third-order valence-electron chi connectivity index (χ3n) is 12.0. The van der Waals surface area contributed by atoms with Crippen LogP contribution in [-0.4, -0.2) is 0 Å². The molecule has 1 spiro atoms. The highest BCUT2D eigenvalue weighted by Crippen LogP contribution is 2.63. The van der Waals surface area contributed by atoms with Crippen LogP contribution >= 0.6 is 11.3 Å². The van der Waals surface area contributed by atoms with Crippen molar-refractivity contribution in [3.05, 3.63) is 222 Å². The molecule has 55 heavy (non-hydrogen) atoms. The number of hydrogen-bond donors (Lipinski definition) is 0.